The van der Waals surface area contributed by atoms with Crippen LogP contribution in [0.15, 0.2) is 34.9 Å². The molecule has 0 aliphatic rings. The summed E-state index contributed by atoms with van der Waals surface area (Å²) >= 11 is 3.31. The summed E-state index contributed by atoms with van der Waals surface area (Å²) in [5.74, 6) is -0.164. The van der Waals surface area contributed by atoms with Crippen LogP contribution in [0.25, 0.3) is 0 Å². The first-order valence-electron chi connectivity index (χ1n) is 7.27. The first-order valence-corrected chi connectivity index (χ1v) is 8.06. The van der Waals surface area contributed by atoms with E-state index in [0.717, 1.165) is 41.5 Å². The van der Waals surface area contributed by atoms with Gasteiger partial charge in [0.25, 0.3) is 0 Å². The third-order valence-corrected chi connectivity index (χ3v) is 4.08. The van der Waals surface area contributed by atoms with Gasteiger partial charge in [-0.1, -0.05) is 28.9 Å². The van der Waals surface area contributed by atoms with Crippen LogP contribution in [0.2, 0.25) is 0 Å². The summed E-state index contributed by atoms with van der Waals surface area (Å²) in [6.07, 6.45) is 4.54. The maximum atomic E-state index is 14.2. The first-order chi connectivity index (χ1) is 10.1. The fourth-order valence-electron chi connectivity index (χ4n) is 2.41. The molecule has 0 fully saturated rings. The number of halogens is 2. The van der Waals surface area contributed by atoms with E-state index in [0.29, 0.717) is 0 Å². The number of nitrogens with one attached hydrogen (secondary N) is 1. The van der Waals surface area contributed by atoms with Crippen molar-refractivity contribution in [3.8, 4) is 0 Å². The van der Waals surface area contributed by atoms with Crippen molar-refractivity contribution in [1.82, 2.24) is 15.1 Å². The number of benzene rings is 1. The Hall–Kier alpha value is -1.20. The second-order valence-corrected chi connectivity index (χ2v) is 6.07. The smallest absolute Gasteiger partial charge is 0.129 e. The molecule has 0 spiro atoms. The highest BCUT2D eigenvalue weighted by Gasteiger charge is 2.16. The van der Waals surface area contributed by atoms with Gasteiger partial charge in [0.1, 0.15) is 5.82 Å². The second-order valence-electron chi connectivity index (χ2n) is 5.16. The summed E-state index contributed by atoms with van der Waals surface area (Å²) in [4.78, 5) is 0. The average molecular weight is 354 g/mol. The highest BCUT2D eigenvalue weighted by molar-refractivity contribution is 9.10. The number of aryl methyl sites for hydroxylation is 2. The van der Waals surface area contributed by atoms with Crippen LogP contribution in [0, 0.1) is 5.82 Å². The zero-order valence-electron chi connectivity index (χ0n) is 12.4. The van der Waals surface area contributed by atoms with Gasteiger partial charge in [0.15, 0.2) is 0 Å². The number of nitrogens with zero attached hydrogens (tertiary/aromatic N) is 2. The molecule has 0 saturated carbocycles. The van der Waals surface area contributed by atoms with E-state index in [1.54, 1.807) is 6.20 Å². The van der Waals surface area contributed by atoms with Gasteiger partial charge < -0.3 is 5.32 Å². The summed E-state index contributed by atoms with van der Waals surface area (Å²) in [5.41, 5.74) is 1.89. The lowest BCUT2D eigenvalue weighted by Crippen LogP contribution is -2.24. The molecule has 0 aliphatic heterocycles. The van der Waals surface area contributed by atoms with Crippen LogP contribution in [-0.4, -0.2) is 16.3 Å². The van der Waals surface area contributed by atoms with E-state index < -0.39 is 0 Å². The Morgan fingerprint density at radius 2 is 2.19 bits per heavy atom. The van der Waals surface area contributed by atoms with Crippen LogP contribution in [-0.2, 0) is 13.5 Å². The predicted octanol–water partition coefficient (Wildman–Crippen LogP) is 4.00. The van der Waals surface area contributed by atoms with Gasteiger partial charge in [0, 0.05) is 35.0 Å². The summed E-state index contributed by atoms with van der Waals surface area (Å²) in [5, 5.41) is 7.62. The van der Waals surface area contributed by atoms with Crippen LogP contribution in [0.5, 0.6) is 0 Å². The van der Waals surface area contributed by atoms with Gasteiger partial charge in [0.2, 0.25) is 0 Å². The third kappa shape index (κ3) is 4.38. The second kappa shape index (κ2) is 7.71. The molecule has 0 radical (unpaired) electrons. The number of hydrogen-bond donors (Lipinski definition) is 1. The standard InChI is InChI=1S/C16H21BrFN3/c1-3-9-19-16(7-5-13-8-10-20-21(13)2)14-6-4-12(17)11-15(14)18/h4,6,8,10-11,16,19H,3,5,7,9H2,1-2H3. The summed E-state index contributed by atoms with van der Waals surface area (Å²) in [6, 6.07) is 7.31. The molecule has 0 amide bonds. The molecular formula is C16H21BrFN3. The van der Waals surface area contributed by atoms with Crippen molar-refractivity contribution in [3.63, 3.8) is 0 Å². The monoisotopic (exact) mass is 353 g/mol. The van der Waals surface area contributed by atoms with Crippen molar-refractivity contribution in [1.29, 1.82) is 0 Å². The van der Waals surface area contributed by atoms with Crippen molar-refractivity contribution >= 4 is 15.9 Å². The summed E-state index contributed by atoms with van der Waals surface area (Å²) < 4.78 is 16.8. The predicted molar refractivity (Wildman–Crippen MR) is 86.7 cm³/mol. The lowest BCUT2D eigenvalue weighted by Gasteiger charge is -2.20. The van der Waals surface area contributed by atoms with Gasteiger partial charge in [-0.05, 0) is 44.0 Å². The number of hydrogen-bond acceptors (Lipinski definition) is 2. The molecule has 21 heavy (non-hydrogen) atoms. The Bertz CT molecular complexity index is 583. The van der Waals surface area contributed by atoms with Gasteiger partial charge in [-0.25, -0.2) is 4.39 Å². The third-order valence-electron chi connectivity index (χ3n) is 3.59. The fraction of sp³-hybridized carbons (Fsp3) is 0.438. The first kappa shape index (κ1) is 16.2. The molecular weight excluding hydrogens is 333 g/mol. The summed E-state index contributed by atoms with van der Waals surface area (Å²) in [7, 11) is 1.93. The minimum absolute atomic E-state index is 0.0212. The Morgan fingerprint density at radius 1 is 1.38 bits per heavy atom. The Kier molecular flexibility index (Phi) is 5.94. The molecule has 3 nitrogen and oxygen atoms in total. The van der Waals surface area contributed by atoms with Crippen molar-refractivity contribution in [2.45, 2.75) is 32.2 Å². The van der Waals surface area contributed by atoms with Gasteiger partial charge in [-0.3, -0.25) is 4.68 Å². The topological polar surface area (TPSA) is 29.9 Å². The average Bonchev–Trinajstić information content (AvgIpc) is 2.85. The molecule has 114 valence electrons. The molecule has 1 heterocycles. The van der Waals surface area contributed by atoms with E-state index >= 15 is 0 Å². The van der Waals surface area contributed by atoms with Crippen LogP contribution >= 0.6 is 15.9 Å². The van der Waals surface area contributed by atoms with Crippen LogP contribution in [0.4, 0.5) is 4.39 Å². The van der Waals surface area contributed by atoms with Crippen molar-refractivity contribution in [2.24, 2.45) is 7.05 Å². The molecule has 0 bridgehead atoms. The largest absolute Gasteiger partial charge is 0.310 e. The molecule has 5 heteroatoms. The Morgan fingerprint density at radius 3 is 2.81 bits per heavy atom. The minimum atomic E-state index is -0.164. The maximum Gasteiger partial charge on any atom is 0.129 e. The van der Waals surface area contributed by atoms with Crippen LogP contribution < -0.4 is 5.32 Å². The van der Waals surface area contributed by atoms with Crippen LogP contribution in [0.1, 0.15) is 37.1 Å². The Labute approximate surface area is 133 Å². The zero-order chi connectivity index (χ0) is 15.2. The maximum absolute atomic E-state index is 14.2. The van der Waals surface area contributed by atoms with E-state index in [4.69, 9.17) is 0 Å². The molecule has 1 aromatic carbocycles. The highest BCUT2D eigenvalue weighted by atomic mass is 79.9. The van der Waals surface area contributed by atoms with Crippen molar-refractivity contribution < 1.29 is 4.39 Å². The van der Waals surface area contributed by atoms with Gasteiger partial charge in [-0.15, -0.1) is 0 Å². The molecule has 1 N–H and O–H groups in total. The van der Waals surface area contributed by atoms with Crippen molar-refractivity contribution in [2.75, 3.05) is 6.54 Å². The van der Waals surface area contributed by atoms with E-state index in [-0.39, 0.29) is 11.9 Å². The molecule has 0 saturated heterocycles. The van der Waals surface area contributed by atoms with E-state index in [1.165, 1.54) is 6.07 Å². The lowest BCUT2D eigenvalue weighted by atomic mass is 10.00. The van der Waals surface area contributed by atoms with Gasteiger partial charge >= 0.3 is 0 Å². The van der Waals surface area contributed by atoms with Crippen LogP contribution in [0.3, 0.4) is 0 Å². The molecule has 1 aromatic heterocycles. The quantitative estimate of drug-likeness (QED) is 0.815. The SMILES string of the molecule is CCCNC(CCc1ccnn1C)c1ccc(Br)cc1F. The van der Waals surface area contributed by atoms with Gasteiger partial charge in [0.05, 0.1) is 0 Å². The van der Waals surface area contributed by atoms with E-state index in [9.17, 15) is 4.39 Å². The van der Waals surface area contributed by atoms with E-state index in [2.05, 4.69) is 33.3 Å². The molecule has 2 rings (SSSR count). The van der Waals surface area contributed by atoms with Crippen molar-refractivity contribution in [3.05, 3.63) is 52.0 Å². The van der Waals surface area contributed by atoms with Gasteiger partial charge in [-0.2, -0.15) is 5.10 Å². The zero-order valence-corrected chi connectivity index (χ0v) is 14.0. The van der Waals surface area contributed by atoms with E-state index in [1.807, 2.05) is 29.9 Å². The minimum Gasteiger partial charge on any atom is -0.310 e. The molecule has 0 aliphatic carbocycles. The number of rotatable bonds is 7. The molecule has 2 aromatic rings. The summed E-state index contributed by atoms with van der Waals surface area (Å²) in [6.45, 7) is 2.99. The molecule has 1 unspecified atom stereocenters. The normalized spacial score (nSPS) is 12.6. The fourth-order valence-corrected chi connectivity index (χ4v) is 2.74. The molecule has 1 atom stereocenters. The lowest BCUT2D eigenvalue weighted by molar-refractivity contribution is 0.468. The Balaban J connectivity index is 2.12. The number of aromatic nitrogens is 2. The highest BCUT2D eigenvalue weighted by Crippen LogP contribution is 2.24.